The molecule has 0 heterocycles. The molecule has 1 nitrogen and oxygen atoms in total. The van der Waals surface area contributed by atoms with Gasteiger partial charge in [0.2, 0.25) is 0 Å². The topological polar surface area (TPSA) is 3.24 Å². The number of benzene rings is 10. The van der Waals surface area contributed by atoms with Crippen molar-refractivity contribution in [1.82, 2.24) is 0 Å². The Kier molecular flexibility index (Phi) is 8.72. The van der Waals surface area contributed by atoms with Crippen LogP contribution < -0.4 is 4.90 Å². The molecule has 0 aromatic heterocycles. The van der Waals surface area contributed by atoms with Crippen LogP contribution in [0.1, 0.15) is 74.9 Å². The highest BCUT2D eigenvalue weighted by molar-refractivity contribution is 6.14. The van der Waals surface area contributed by atoms with E-state index in [9.17, 15) is 0 Å². The van der Waals surface area contributed by atoms with Crippen LogP contribution in [0.25, 0.3) is 77.5 Å². The van der Waals surface area contributed by atoms with Gasteiger partial charge in [0.25, 0.3) is 0 Å². The molecule has 0 unspecified atom stereocenters. The zero-order valence-electron chi connectivity index (χ0n) is 39.7. The Morgan fingerprint density at radius 3 is 1.22 bits per heavy atom. The highest BCUT2D eigenvalue weighted by Gasteiger charge is 2.41. The van der Waals surface area contributed by atoms with Gasteiger partial charge in [-0.1, -0.05) is 217 Å². The van der Waals surface area contributed by atoms with Crippen molar-refractivity contribution in [2.45, 2.75) is 57.8 Å². The minimum Gasteiger partial charge on any atom is -0.310 e. The molecule has 0 saturated carbocycles. The molecule has 0 atom stereocenters. The Bertz CT molecular complexity index is 3570. The predicted molar refractivity (Wildman–Crippen MR) is 288 cm³/mol. The summed E-state index contributed by atoms with van der Waals surface area (Å²) in [6.07, 6.45) is 0. The van der Waals surface area contributed by atoms with Crippen LogP contribution in [0.3, 0.4) is 0 Å². The van der Waals surface area contributed by atoms with Crippen LogP contribution in [0.15, 0.2) is 212 Å². The summed E-state index contributed by atoms with van der Waals surface area (Å²) in [6.45, 7) is 14.3. The van der Waals surface area contributed by atoms with E-state index in [1.165, 1.54) is 111 Å². The Labute approximate surface area is 401 Å². The lowest BCUT2D eigenvalue weighted by Gasteiger charge is -2.30. The molecule has 0 spiro atoms. The molecule has 0 saturated heterocycles. The minimum atomic E-state index is -0.146. The molecule has 0 bridgehead atoms. The highest BCUT2D eigenvalue weighted by atomic mass is 15.1. The van der Waals surface area contributed by atoms with Crippen LogP contribution in [0.4, 0.5) is 17.1 Å². The number of fused-ring (bicyclic) bond motifs is 11. The van der Waals surface area contributed by atoms with Gasteiger partial charge in [-0.3, -0.25) is 0 Å². The van der Waals surface area contributed by atoms with Gasteiger partial charge in [0.05, 0.1) is 0 Å². The van der Waals surface area contributed by atoms with Crippen molar-refractivity contribution in [3.05, 3.63) is 246 Å². The van der Waals surface area contributed by atoms with E-state index in [2.05, 4.69) is 259 Å². The average molecular weight is 872 g/mol. The molecule has 3 aliphatic carbocycles. The third-order valence-corrected chi connectivity index (χ3v) is 16.1. The Morgan fingerprint density at radius 2 is 0.662 bits per heavy atom. The number of anilines is 3. The molecule has 3 aliphatic rings. The lowest BCUT2D eigenvalue weighted by atomic mass is 9.77. The van der Waals surface area contributed by atoms with E-state index in [-0.39, 0.29) is 16.2 Å². The highest BCUT2D eigenvalue weighted by Crippen LogP contribution is 2.58. The van der Waals surface area contributed by atoms with Gasteiger partial charge in [0, 0.05) is 33.3 Å². The summed E-state index contributed by atoms with van der Waals surface area (Å²) in [5, 5.41) is 2.63. The summed E-state index contributed by atoms with van der Waals surface area (Å²) >= 11 is 0. The van der Waals surface area contributed by atoms with Crippen molar-refractivity contribution in [2.75, 3.05) is 4.90 Å². The van der Waals surface area contributed by atoms with Crippen LogP contribution >= 0.6 is 0 Å². The molecule has 1 heteroatoms. The number of nitrogens with zero attached hydrogens (tertiary/aromatic N) is 1. The van der Waals surface area contributed by atoms with Crippen molar-refractivity contribution in [3.63, 3.8) is 0 Å². The third kappa shape index (κ3) is 5.75. The number of rotatable bonds is 6. The smallest absolute Gasteiger partial charge is 0.0465 e. The van der Waals surface area contributed by atoms with Gasteiger partial charge in [0.15, 0.2) is 0 Å². The van der Waals surface area contributed by atoms with E-state index in [4.69, 9.17) is 0 Å². The lowest BCUT2D eigenvalue weighted by Crippen LogP contribution is -2.18. The van der Waals surface area contributed by atoms with E-state index in [0.29, 0.717) is 0 Å². The van der Waals surface area contributed by atoms with Crippen molar-refractivity contribution in [3.8, 4) is 66.8 Å². The molecule has 13 rings (SSSR count). The van der Waals surface area contributed by atoms with Crippen LogP contribution in [0.5, 0.6) is 0 Å². The maximum absolute atomic E-state index is 2.47. The SMILES string of the molecule is CC1(C)c2ccccc2-c2ccc(N(c3ccc(-c4ccc(-c5c6c(c7ccccc7c5-c5ccccc5)C(C)(C)c5ccccc5-6)cc4)cc3)c3ccc4c(c3)C(C)(C)c3ccccc3-4)cc21. The summed E-state index contributed by atoms with van der Waals surface area (Å²) in [5.41, 5.74) is 26.9. The summed E-state index contributed by atoms with van der Waals surface area (Å²) < 4.78 is 0. The first-order valence-electron chi connectivity index (χ1n) is 24.3. The van der Waals surface area contributed by atoms with E-state index in [1.807, 2.05) is 0 Å². The summed E-state index contributed by atoms with van der Waals surface area (Å²) in [5.74, 6) is 0. The molecular formula is C67H53N. The first-order chi connectivity index (χ1) is 33.0. The number of hydrogen-bond donors (Lipinski definition) is 0. The van der Waals surface area contributed by atoms with Gasteiger partial charge in [-0.15, -0.1) is 0 Å². The fourth-order valence-corrected chi connectivity index (χ4v) is 12.7. The van der Waals surface area contributed by atoms with Crippen LogP contribution in [-0.2, 0) is 16.2 Å². The van der Waals surface area contributed by atoms with Gasteiger partial charge >= 0.3 is 0 Å². The molecule has 68 heavy (non-hydrogen) atoms. The lowest BCUT2D eigenvalue weighted by molar-refractivity contribution is 0.660. The van der Waals surface area contributed by atoms with E-state index < -0.39 is 0 Å². The molecule has 0 fully saturated rings. The zero-order valence-corrected chi connectivity index (χ0v) is 39.7. The third-order valence-electron chi connectivity index (χ3n) is 16.1. The van der Waals surface area contributed by atoms with Gasteiger partial charge in [-0.05, 0) is 147 Å². The minimum absolute atomic E-state index is 0.112. The van der Waals surface area contributed by atoms with E-state index >= 15 is 0 Å². The van der Waals surface area contributed by atoms with Gasteiger partial charge in [-0.25, -0.2) is 0 Å². The fourth-order valence-electron chi connectivity index (χ4n) is 12.7. The molecule has 10 aromatic rings. The fraction of sp³-hybridized carbons (Fsp3) is 0.134. The van der Waals surface area contributed by atoms with Gasteiger partial charge in [0.1, 0.15) is 0 Å². The normalized spacial score (nSPS) is 15.0. The van der Waals surface area contributed by atoms with Crippen molar-refractivity contribution < 1.29 is 0 Å². The quantitative estimate of drug-likeness (QED) is 0.161. The molecule has 326 valence electrons. The van der Waals surface area contributed by atoms with Crippen LogP contribution in [0.2, 0.25) is 0 Å². The molecule has 0 amide bonds. The largest absolute Gasteiger partial charge is 0.310 e. The second-order valence-corrected chi connectivity index (χ2v) is 20.8. The predicted octanol–water partition coefficient (Wildman–Crippen LogP) is 18.2. The zero-order chi connectivity index (χ0) is 46.1. The molecule has 0 radical (unpaired) electrons. The average Bonchev–Trinajstić information content (AvgIpc) is 3.86. The monoisotopic (exact) mass is 871 g/mol. The standard InChI is InChI=1S/C67H53N/c1-65(2)56-25-15-12-20-49(56)51-38-36-47(40-59(51)65)68(48-37-39-52-50-21-13-16-26-57(50)66(3,4)60(52)41-48)46-34-32-43(33-35-46)42-28-30-45(31-29-42)62-61(44-18-8-7-9-19-44)53-22-10-11-23-54(53)64-63(62)55-24-14-17-27-58(55)67(64,5)6/h7-41H,1-6H3. The maximum atomic E-state index is 2.47. The molecule has 0 N–H and O–H groups in total. The molecule has 10 aromatic carbocycles. The second-order valence-electron chi connectivity index (χ2n) is 20.8. The Balaban J connectivity index is 0.931. The van der Waals surface area contributed by atoms with Gasteiger partial charge in [-0.2, -0.15) is 0 Å². The van der Waals surface area contributed by atoms with Crippen molar-refractivity contribution in [2.24, 2.45) is 0 Å². The Hall–Kier alpha value is -7.74. The van der Waals surface area contributed by atoms with Crippen LogP contribution in [0, 0.1) is 0 Å². The molecular weight excluding hydrogens is 819 g/mol. The van der Waals surface area contributed by atoms with E-state index in [0.717, 1.165) is 17.1 Å². The van der Waals surface area contributed by atoms with E-state index in [1.54, 1.807) is 0 Å². The summed E-state index contributed by atoms with van der Waals surface area (Å²) in [7, 11) is 0. The summed E-state index contributed by atoms with van der Waals surface area (Å²) in [4.78, 5) is 2.47. The first-order valence-corrected chi connectivity index (χ1v) is 24.3. The van der Waals surface area contributed by atoms with Gasteiger partial charge < -0.3 is 4.90 Å². The second kappa shape index (κ2) is 14.6. The van der Waals surface area contributed by atoms with Crippen LogP contribution in [-0.4, -0.2) is 0 Å². The summed E-state index contributed by atoms with van der Waals surface area (Å²) in [6, 6.07) is 79.8. The van der Waals surface area contributed by atoms with Crippen molar-refractivity contribution in [1.29, 1.82) is 0 Å². The molecule has 0 aliphatic heterocycles. The first kappa shape index (κ1) is 40.5. The maximum Gasteiger partial charge on any atom is 0.0465 e. The van der Waals surface area contributed by atoms with Crippen molar-refractivity contribution >= 4 is 27.8 Å². The number of hydrogen-bond acceptors (Lipinski definition) is 1. The Morgan fingerprint density at radius 1 is 0.265 bits per heavy atom.